The van der Waals surface area contributed by atoms with Crippen LogP contribution in [0, 0.1) is 0 Å². The van der Waals surface area contributed by atoms with E-state index in [1.165, 1.54) is 20.8 Å². The molecule has 0 fully saturated rings. The summed E-state index contributed by atoms with van der Waals surface area (Å²) >= 11 is 0. The molecule has 7 aromatic carbocycles. The van der Waals surface area contributed by atoms with Gasteiger partial charge in [0, 0.05) is 5.39 Å². The Labute approximate surface area is 283 Å². The molecule has 0 aromatic heterocycles. The molecule has 0 N–H and O–H groups in total. The highest BCUT2D eigenvalue weighted by molar-refractivity contribution is 7.97. The van der Waals surface area contributed by atoms with Crippen molar-refractivity contribution in [3.05, 3.63) is 140 Å². The fourth-order valence-electron chi connectivity index (χ4n) is 5.63. The quantitative estimate of drug-likeness (QED) is 0.0725. The summed E-state index contributed by atoms with van der Waals surface area (Å²) in [6.45, 7) is 5.43. The third-order valence-electron chi connectivity index (χ3n) is 7.55. The first-order chi connectivity index (χ1) is 23.0. The van der Waals surface area contributed by atoms with Crippen LogP contribution in [0.15, 0.2) is 159 Å². The fourth-order valence-corrected chi connectivity index (χ4v) is 8.39. The van der Waals surface area contributed by atoms with E-state index in [2.05, 4.69) is 60.7 Å². The number of carbonyl (C=O) groups excluding carboxylic acids is 1. The Morgan fingerprint density at radius 1 is 0.625 bits per heavy atom. The number of ether oxygens (including phenoxy) is 2. The van der Waals surface area contributed by atoms with Gasteiger partial charge in [0.1, 0.15) is 21.5 Å². The van der Waals surface area contributed by atoms with Crippen molar-refractivity contribution in [2.75, 3.05) is 6.61 Å². The fraction of sp³-hybridized carbons (Fsp3) is 0.125. The van der Waals surface area contributed by atoms with Gasteiger partial charge in [0.05, 0.1) is 15.8 Å². The molecule has 6 nitrogen and oxygen atoms in total. The lowest BCUT2D eigenvalue weighted by Crippen LogP contribution is -2.27. The van der Waals surface area contributed by atoms with Crippen LogP contribution >= 0.6 is 0 Å². The molecule has 0 spiro atoms. The van der Waals surface area contributed by atoms with Gasteiger partial charge < -0.3 is 14.0 Å². The molecule has 0 amide bonds. The molecule has 242 valence electrons. The van der Waals surface area contributed by atoms with Crippen LogP contribution in [-0.4, -0.2) is 31.1 Å². The second-order valence-corrected chi connectivity index (χ2v) is 15.5. The first kappa shape index (κ1) is 33.0. The first-order valence-electron chi connectivity index (χ1n) is 15.4. The van der Waals surface area contributed by atoms with E-state index in [1.807, 2.05) is 81.4 Å². The SMILES string of the molecule is CC(C)(C)OC(=O)COc1ccc([S+](c2ccccc2)c2ccccc2)cc1.O=S(=O)([O-])c1ccc2ccc3cccc4ccc1c2c34. The molecular weight excluding hydrogens is 641 g/mol. The normalized spacial score (nSPS) is 11.9. The molecule has 0 aliphatic carbocycles. The molecule has 0 radical (unpaired) electrons. The van der Waals surface area contributed by atoms with Crippen molar-refractivity contribution >= 4 is 59.3 Å². The van der Waals surface area contributed by atoms with E-state index in [-0.39, 0.29) is 28.4 Å². The van der Waals surface area contributed by atoms with Gasteiger partial charge in [-0.25, -0.2) is 13.2 Å². The number of hydrogen-bond acceptors (Lipinski definition) is 6. The highest BCUT2D eigenvalue weighted by Gasteiger charge is 2.28. The molecular formula is C40H34O6S2. The maximum absolute atomic E-state index is 11.8. The molecule has 7 aromatic rings. The third kappa shape index (κ3) is 7.47. The van der Waals surface area contributed by atoms with Crippen LogP contribution in [0.25, 0.3) is 32.3 Å². The van der Waals surface area contributed by atoms with E-state index in [9.17, 15) is 17.8 Å². The molecule has 48 heavy (non-hydrogen) atoms. The van der Waals surface area contributed by atoms with Crippen LogP contribution in [0.3, 0.4) is 0 Å². The molecule has 0 unspecified atom stereocenters. The summed E-state index contributed by atoms with van der Waals surface area (Å²) in [6, 6.07) is 45.5. The van der Waals surface area contributed by atoms with Crippen molar-refractivity contribution in [1.82, 2.24) is 0 Å². The molecule has 8 heteroatoms. The van der Waals surface area contributed by atoms with Crippen LogP contribution < -0.4 is 4.74 Å². The maximum atomic E-state index is 11.8. The van der Waals surface area contributed by atoms with Crippen molar-refractivity contribution in [3.63, 3.8) is 0 Å². The Kier molecular flexibility index (Phi) is 9.42. The van der Waals surface area contributed by atoms with Crippen molar-refractivity contribution in [1.29, 1.82) is 0 Å². The Balaban J connectivity index is 0.000000176. The second-order valence-electron chi connectivity index (χ2n) is 12.2. The van der Waals surface area contributed by atoms with Crippen LogP contribution in [0.2, 0.25) is 0 Å². The van der Waals surface area contributed by atoms with Gasteiger partial charge in [-0.15, -0.1) is 0 Å². The summed E-state index contributed by atoms with van der Waals surface area (Å²) in [6.07, 6.45) is 0. The van der Waals surface area contributed by atoms with Gasteiger partial charge in [-0.3, -0.25) is 0 Å². The van der Waals surface area contributed by atoms with Crippen LogP contribution in [0.5, 0.6) is 5.75 Å². The smallest absolute Gasteiger partial charge is 0.344 e. The summed E-state index contributed by atoms with van der Waals surface area (Å²) in [7, 11) is -4.67. The largest absolute Gasteiger partial charge is 0.744 e. The molecule has 0 bridgehead atoms. The summed E-state index contributed by atoms with van der Waals surface area (Å²) in [5.74, 6) is 0.282. The Bertz CT molecular complexity index is 2220. The lowest BCUT2D eigenvalue weighted by molar-refractivity contribution is -0.157. The minimum Gasteiger partial charge on any atom is -0.744 e. The standard InChI is InChI=1S/C24H25O3S.C16H10O3S/c1-24(2,3)27-23(25)18-26-19-14-16-22(17-15-19)28(20-10-6-4-7-11-20)21-12-8-5-9-13-21;17-20(18,19)14-9-7-12-5-4-10-2-1-3-11-6-8-13(14)16(12)15(10)11/h4-17H,18H2,1-3H3;1-9H,(H,17,18,19)/q+1;/p-1. The average Bonchev–Trinajstić information content (AvgIpc) is 3.07. The summed E-state index contributed by atoms with van der Waals surface area (Å²) in [4.78, 5) is 15.4. The lowest BCUT2D eigenvalue weighted by Gasteiger charge is -2.19. The Morgan fingerprint density at radius 3 is 1.67 bits per heavy atom. The molecule has 0 aliphatic heterocycles. The molecule has 0 heterocycles. The van der Waals surface area contributed by atoms with Gasteiger partial charge in [-0.1, -0.05) is 84.9 Å². The van der Waals surface area contributed by atoms with E-state index >= 15 is 0 Å². The van der Waals surface area contributed by atoms with Gasteiger partial charge in [0.15, 0.2) is 21.3 Å². The zero-order chi connectivity index (χ0) is 33.9. The van der Waals surface area contributed by atoms with Crippen molar-refractivity contribution < 1.29 is 27.2 Å². The topological polar surface area (TPSA) is 92.7 Å². The van der Waals surface area contributed by atoms with Crippen LogP contribution in [0.4, 0.5) is 0 Å². The third-order valence-corrected chi connectivity index (χ3v) is 10.7. The van der Waals surface area contributed by atoms with Gasteiger partial charge in [0.25, 0.3) is 0 Å². The monoisotopic (exact) mass is 674 g/mol. The Hall–Kier alpha value is -4.89. The zero-order valence-electron chi connectivity index (χ0n) is 26.8. The van der Waals surface area contributed by atoms with Crippen LogP contribution in [-0.2, 0) is 30.5 Å². The minimum atomic E-state index is -4.48. The Morgan fingerprint density at radius 2 is 1.12 bits per heavy atom. The predicted molar refractivity (Wildman–Crippen MR) is 191 cm³/mol. The van der Waals surface area contributed by atoms with E-state index < -0.39 is 15.7 Å². The number of carbonyl (C=O) groups is 1. The first-order valence-corrected chi connectivity index (χ1v) is 18.0. The number of benzene rings is 7. The van der Waals surface area contributed by atoms with Gasteiger partial charge >= 0.3 is 5.97 Å². The summed E-state index contributed by atoms with van der Waals surface area (Å²) in [5.41, 5.74) is -0.510. The highest BCUT2D eigenvalue weighted by atomic mass is 32.2. The molecule has 0 saturated heterocycles. The number of esters is 1. The predicted octanol–water partition coefficient (Wildman–Crippen LogP) is 8.99. The van der Waals surface area contributed by atoms with E-state index in [0.717, 1.165) is 26.9 Å². The van der Waals surface area contributed by atoms with E-state index in [1.54, 1.807) is 12.1 Å². The van der Waals surface area contributed by atoms with E-state index in [0.29, 0.717) is 11.1 Å². The van der Waals surface area contributed by atoms with Gasteiger partial charge in [-0.2, -0.15) is 0 Å². The number of rotatable bonds is 7. The lowest BCUT2D eigenvalue weighted by atomic mass is 9.94. The molecule has 0 aliphatic rings. The van der Waals surface area contributed by atoms with E-state index in [4.69, 9.17) is 9.47 Å². The van der Waals surface area contributed by atoms with Gasteiger partial charge in [0.2, 0.25) is 0 Å². The van der Waals surface area contributed by atoms with Crippen molar-refractivity contribution in [2.24, 2.45) is 0 Å². The van der Waals surface area contributed by atoms with Crippen molar-refractivity contribution in [3.8, 4) is 5.75 Å². The minimum absolute atomic E-state index is 0.0975. The van der Waals surface area contributed by atoms with Crippen LogP contribution in [0.1, 0.15) is 20.8 Å². The summed E-state index contributed by atoms with van der Waals surface area (Å²) < 4.78 is 45.1. The molecule has 0 saturated carbocycles. The molecule has 7 rings (SSSR count). The highest BCUT2D eigenvalue weighted by Crippen LogP contribution is 2.37. The maximum Gasteiger partial charge on any atom is 0.344 e. The second kappa shape index (κ2) is 13.7. The zero-order valence-corrected chi connectivity index (χ0v) is 28.4. The average molecular weight is 675 g/mol. The number of hydrogen-bond donors (Lipinski definition) is 0. The molecule has 0 atom stereocenters. The van der Waals surface area contributed by atoms with Crippen molar-refractivity contribution in [2.45, 2.75) is 46.0 Å². The van der Waals surface area contributed by atoms with Gasteiger partial charge in [-0.05, 0) is 102 Å². The summed E-state index contributed by atoms with van der Waals surface area (Å²) in [5, 5.41) is 5.38.